The standard InChI is InChI=1S/C13H16FNO2/c1-13(6-2-3-7-13)15-12(17)10-8-9(14)4-5-11(10)16/h4-5,8,16H,2-3,6-7H2,1H3,(H,15,17). The van der Waals surface area contributed by atoms with Crippen LogP contribution in [0.4, 0.5) is 4.39 Å². The first-order chi connectivity index (χ1) is 8.00. The Hall–Kier alpha value is -1.58. The van der Waals surface area contributed by atoms with Crippen LogP contribution in [0.25, 0.3) is 0 Å². The molecule has 0 radical (unpaired) electrons. The SMILES string of the molecule is CC1(NC(=O)c2cc(F)ccc2O)CCCC1. The van der Waals surface area contributed by atoms with Crippen molar-refractivity contribution in [2.45, 2.75) is 38.1 Å². The van der Waals surface area contributed by atoms with E-state index in [-0.39, 0.29) is 16.9 Å². The largest absolute Gasteiger partial charge is 0.507 e. The Labute approximate surface area is 99.7 Å². The van der Waals surface area contributed by atoms with Gasteiger partial charge in [0, 0.05) is 5.54 Å². The van der Waals surface area contributed by atoms with Gasteiger partial charge in [-0.25, -0.2) is 4.39 Å². The Morgan fingerprint density at radius 3 is 2.71 bits per heavy atom. The van der Waals surface area contributed by atoms with Crippen LogP contribution in [-0.2, 0) is 0 Å². The van der Waals surface area contributed by atoms with E-state index in [0.29, 0.717) is 0 Å². The normalized spacial score (nSPS) is 18.0. The molecular formula is C13H16FNO2. The quantitative estimate of drug-likeness (QED) is 0.830. The van der Waals surface area contributed by atoms with Gasteiger partial charge in [0.2, 0.25) is 0 Å². The number of halogens is 1. The van der Waals surface area contributed by atoms with Crippen LogP contribution in [0, 0.1) is 5.82 Å². The van der Waals surface area contributed by atoms with Crippen LogP contribution in [0.1, 0.15) is 43.0 Å². The molecule has 1 aliphatic rings. The van der Waals surface area contributed by atoms with E-state index in [9.17, 15) is 14.3 Å². The van der Waals surface area contributed by atoms with Crippen molar-refractivity contribution in [3.63, 3.8) is 0 Å². The fourth-order valence-electron chi connectivity index (χ4n) is 2.31. The summed E-state index contributed by atoms with van der Waals surface area (Å²) in [5.41, 5.74) is -0.228. The van der Waals surface area contributed by atoms with Crippen molar-refractivity contribution in [2.24, 2.45) is 0 Å². The molecule has 0 aromatic heterocycles. The Morgan fingerprint density at radius 1 is 1.41 bits per heavy atom. The average molecular weight is 237 g/mol. The number of carbonyl (C=O) groups is 1. The predicted molar refractivity (Wildman–Crippen MR) is 62.4 cm³/mol. The Bertz CT molecular complexity index is 439. The fraction of sp³-hybridized carbons (Fsp3) is 0.462. The van der Waals surface area contributed by atoms with Gasteiger partial charge >= 0.3 is 0 Å². The zero-order valence-electron chi connectivity index (χ0n) is 9.79. The molecule has 1 saturated carbocycles. The molecule has 1 fully saturated rings. The van der Waals surface area contributed by atoms with Gasteiger partial charge in [0.15, 0.2) is 0 Å². The topological polar surface area (TPSA) is 49.3 Å². The van der Waals surface area contributed by atoms with Crippen molar-refractivity contribution >= 4 is 5.91 Å². The van der Waals surface area contributed by atoms with E-state index in [2.05, 4.69) is 5.32 Å². The summed E-state index contributed by atoms with van der Waals surface area (Å²) in [4.78, 5) is 11.9. The third-order valence-corrected chi connectivity index (χ3v) is 3.33. The number of carbonyl (C=O) groups excluding carboxylic acids is 1. The van der Waals surface area contributed by atoms with Crippen LogP contribution >= 0.6 is 0 Å². The molecule has 4 heteroatoms. The number of hydrogen-bond donors (Lipinski definition) is 2. The van der Waals surface area contributed by atoms with Crippen LogP contribution < -0.4 is 5.32 Å². The summed E-state index contributed by atoms with van der Waals surface area (Å²) < 4.78 is 13.0. The van der Waals surface area contributed by atoms with E-state index in [0.717, 1.165) is 37.8 Å². The number of amides is 1. The Kier molecular flexibility index (Phi) is 3.05. The molecule has 0 spiro atoms. The van der Waals surface area contributed by atoms with E-state index >= 15 is 0 Å². The van der Waals surface area contributed by atoms with Crippen LogP contribution in [0.2, 0.25) is 0 Å². The van der Waals surface area contributed by atoms with Crippen molar-refractivity contribution in [1.29, 1.82) is 0 Å². The number of phenolic OH excluding ortho intramolecular Hbond substituents is 1. The second-order valence-corrected chi connectivity index (χ2v) is 4.88. The number of hydrogen-bond acceptors (Lipinski definition) is 2. The summed E-state index contributed by atoms with van der Waals surface area (Å²) in [6.07, 6.45) is 4.03. The third kappa shape index (κ3) is 2.57. The summed E-state index contributed by atoms with van der Waals surface area (Å²) in [7, 11) is 0. The smallest absolute Gasteiger partial charge is 0.255 e. The van der Waals surface area contributed by atoms with Crippen molar-refractivity contribution in [1.82, 2.24) is 5.32 Å². The van der Waals surface area contributed by atoms with Gasteiger partial charge in [-0.15, -0.1) is 0 Å². The molecule has 0 bridgehead atoms. The first-order valence-corrected chi connectivity index (χ1v) is 5.81. The first kappa shape index (κ1) is 11.9. The highest BCUT2D eigenvalue weighted by atomic mass is 19.1. The van der Waals surface area contributed by atoms with Gasteiger partial charge in [0.25, 0.3) is 5.91 Å². The molecule has 1 aliphatic carbocycles. The highest BCUT2D eigenvalue weighted by Crippen LogP contribution is 2.29. The lowest BCUT2D eigenvalue weighted by Crippen LogP contribution is -2.43. The van der Waals surface area contributed by atoms with E-state index in [1.165, 1.54) is 6.07 Å². The van der Waals surface area contributed by atoms with Gasteiger partial charge in [-0.1, -0.05) is 12.8 Å². The van der Waals surface area contributed by atoms with Gasteiger partial charge in [0.1, 0.15) is 11.6 Å². The molecule has 1 amide bonds. The van der Waals surface area contributed by atoms with Crippen molar-refractivity contribution in [3.05, 3.63) is 29.6 Å². The third-order valence-electron chi connectivity index (χ3n) is 3.33. The predicted octanol–water partition coefficient (Wildman–Crippen LogP) is 2.59. The average Bonchev–Trinajstić information content (AvgIpc) is 2.68. The van der Waals surface area contributed by atoms with Crippen LogP contribution in [0.15, 0.2) is 18.2 Å². The van der Waals surface area contributed by atoms with Gasteiger partial charge in [-0.2, -0.15) is 0 Å². The molecular weight excluding hydrogens is 221 g/mol. The summed E-state index contributed by atoms with van der Waals surface area (Å²) in [5.74, 6) is -1.12. The number of aromatic hydroxyl groups is 1. The molecule has 0 unspecified atom stereocenters. The zero-order valence-corrected chi connectivity index (χ0v) is 9.79. The molecule has 0 atom stereocenters. The second kappa shape index (κ2) is 4.35. The van der Waals surface area contributed by atoms with Gasteiger partial charge < -0.3 is 10.4 Å². The van der Waals surface area contributed by atoms with Crippen molar-refractivity contribution in [2.75, 3.05) is 0 Å². The van der Waals surface area contributed by atoms with E-state index in [4.69, 9.17) is 0 Å². The lowest BCUT2D eigenvalue weighted by molar-refractivity contribution is 0.0905. The molecule has 92 valence electrons. The van der Waals surface area contributed by atoms with Gasteiger partial charge in [-0.3, -0.25) is 4.79 Å². The summed E-state index contributed by atoms with van der Waals surface area (Å²) in [6, 6.07) is 3.38. The van der Waals surface area contributed by atoms with Gasteiger partial charge in [0.05, 0.1) is 5.56 Å². The summed E-state index contributed by atoms with van der Waals surface area (Å²) >= 11 is 0. The molecule has 0 saturated heterocycles. The minimum absolute atomic E-state index is 0.00174. The molecule has 1 aromatic carbocycles. The monoisotopic (exact) mass is 237 g/mol. The van der Waals surface area contributed by atoms with Crippen molar-refractivity contribution < 1.29 is 14.3 Å². The first-order valence-electron chi connectivity index (χ1n) is 5.81. The minimum atomic E-state index is -0.524. The van der Waals surface area contributed by atoms with E-state index < -0.39 is 11.7 Å². The van der Waals surface area contributed by atoms with E-state index in [1.54, 1.807) is 0 Å². The van der Waals surface area contributed by atoms with Crippen LogP contribution in [-0.4, -0.2) is 16.6 Å². The molecule has 0 heterocycles. The Morgan fingerprint density at radius 2 is 2.06 bits per heavy atom. The lowest BCUT2D eigenvalue weighted by Gasteiger charge is -2.25. The molecule has 1 aromatic rings. The number of nitrogens with one attached hydrogen (secondary N) is 1. The summed E-state index contributed by atoms with van der Waals surface area (Å²) in [6.45, 7) is 1.98. The van der Waals surface area contributed by atoms with E-state index in [1.807, 2.05) is 6.92 Å². The molecule has 0 aliphatic heterocycles. The number of phenols is 1. The highest BCUT2D eigenvalue weighted by molar-refractivity contribution is 5.97. The highest BCUT2D eigenvalue weighted by Gasteiger charge is 2.31. The van der Waals surface area contributed by atoms with Gasteiger partial charge in [-0.05, 0) is 38.0 Å². The maximum atomic E-state index is 13.0. The number of rotatable bonds is 2. The zero-order chi connectivity index (χ0) is 12.5. The lowest BCUT2D eigenvalue weighted by atomic mass is 10.00. The Balaban J connectivity index is 2.17. The van der Waals surface area contributed by atoms with Crippen molar-refractivity contribution in [3.8, 4) is 5.75 Å². The molecule has 2 N–H and O–H groups in total. The van der Waals surface area contributed by atoms with Crippen LogP contribution in [0.5, 0.6) is 5.75 Å². The number of benzene rings is 1. The molecule has 3 nitrogen and oxygen atoms in total. The summed E-state index contributed by atoms with van der Waals surface area (Å²) in [5, 5.41) is 12.4. The van der Waals surface area contributed by atoms with Crippen LogP contribution in [0.3, 0.4) is 0 Å². The minimum Gasteiger partial charge on any atom is -0.507 e. The molecule has 2 rings (SSSR count). The molecule has 17 heavy (non-hydrogen) atoms. The maximum absolute atomic E-state index is 13.0. The fourth-order valence-corrected chi connectivity index (χ4v) is 2.31. The second-order valence-electron chi connectivity index (χ2n) is 4.88. The maximum Gasteiger partial charge on any atom is 0.255 e.